The third-order valence-corrected chi connectivity index (χ3v) is 4.85. The molecule has 2 aromatic rings. The minimum absolute atomic E-state index is 0.552. The molecule has 3 rings (SSSR count). The Morgan fingerprint density at radius 1 is 1.12 bits per heavy atom. The number of aromatic nitrogens is 2. The molecule has 2 heterocycles. The zero-order valence-corrected chi connectivity index (χ0v) is 15.0. The molecule has 4 nitrogen and oxygen atoms in total. The predicted molar refractivity (Wildman–Crippen MR) is 99.6 cm³/mol. The fraction of sp³-hybridized carbons (Fsp3) is 0.500. The van der Waals surface area contributed by atoms with Crippen LogP contribution in [0, 0.1) is 13.8 Å². The number of nitrogens with zero attached hydrogens (tertiary/aromatic N) is 3. The van der Waals surface area contributed by atoms with Gasteiger partial charge >= 0.3 is 0 Å². The van der Waals surface area contributed by atoms with E-state index in [0.29, 0.717) is 12.0 Å². The Morgan fingerprint density at radius 2 is 1.83 bits per heavy atom. The van der Waals surface area contributed by atoms with Crippen LogP contribution in [0.4, 0.5) is 5.82 Å². The minimum atomic E-state index is 0.552. The van der Waals surface area contributed by atoms with Gasteiger partial charge < -0.3 is 10.2 Å². The average Bonchev–Trinajstić information content (AvgIpc) is 2.60. The second kappa shape index (κ2) is 7.75. The summed E-state index contributed by atoms with van der Waals surface area (Å²) in [5.74, 6) is 2.49. The summed E-state index contributed by atoms with van der Waals surface area (Å²) in [6, 6.07) is 13.5. The molecule has 1 aromatic heterocycles. The lowest BCUT2D eigenvalue weighted by Crippen LogP contribution is -2.43. The molecule has 1 fully saturated rings. The topological polar surface area (TPSA) is 41.0 Å². The molecule has 0 radical (unpaired) electrons. The number of rotatable bonds is 5. The lowest BCUT2D eigenvalue weighted by Gasteiger charge is -2.34. The normalized spacial score (nSPS) is 17.0. The van der Waals surface area contributed by atoms with E-state index in [1.807, 2.05) is 13.8 Å². The van der Waals surface area contributed by atoms with E-state index in [4.69, 9.17) is 0 Å². The molecule has 4 heteroatoms. The Balaban J connectivity index is 1.48. The van der Waals surface area contributed by atoms with Gasteiger partial charge in [0.25, 0.3) is 0 Å². The largest absolute Gasteiger partial charge is 0.356 e. The van der Waals surface area contributed by atoms with Crippen LogP contribution in [0.2, 0.25) is 0 Å². The second-order valence-electron chi connectivity index (χ2n) is 6.90. The van der Waals surface area contributed by atoms with Crippen LogP contribution in [0.25, 0.3) is 0 Å². The summed E-state index contributed by atoms with van der Waals surface area (Å²) < 4.78 is 0. The van der Waals surface area contributed by atoms with Crippen molar-refractivity contribution >= 4 is 5.82 Å². The quantitative estimate of drug-likeness (QED) is 0.914. The van der Waals surface area contributed by atoms with Gasteiger partial charge in [0.1, 0.15) is 11.6 Å². The number of nitrogens with one attached hydrogen (secondary N) is 1. The first-order valence-electron chi connectivity index (χ1n) is 8.97. The second-order valence-corrected chi connectivity index (χ2v) is 6.90. The number of piperidine rings is 1. The highest BCUT2D eigenvalue weighted by atomic mass is 15.2. The molecule has 0 aliphatic carbocycles. The van der Waals surface area contributed by atoms with E-state index in [1.54, 1.807) is 0 Å². The van der Waals surface area contributed by atoms with Gasteiger partial charge in [-0.05, 0) is 38.2 Å². The third kappa shape index (κ3) is 4.32. The molecular weight excluding hydrogens is 296 g/mol. The molecule has 0 spiro atoms. The van der Waals surface area contributed by atoms with Crippen LogP contribution in [-0.2, 0) is 0 Å². The maximum atomic E-state index is 4.59. The Morgan fingerprint density at radius 3 is 2.50 bits per heavy atom. The van der Waals surface area contributed by atoms with Crippen molar-refractivity contribution in [3.05, 3.63) is 53.5 Å². The van der Waals surface area contributed by atoms with E-state index in [1.165, 1.54) is 18.4 Å². The van der Waals surface area contributed by atoms with Crippen LogP contribution >= 0.6 is 0 Å². The van der Waals surface area contributed by atoms with Gasteiger partial charge in [-0.15, -0.1) is 0 Å². The monoisotopic (exact) mass is 324 g/mol. The zero-order valence-electron chi connectivity index (χ0n) is 15.0. The standard InChI is InChI=1S/C20H28N4/c1-15(18-7-5-4-6-8-18)14-21-19-9-11-24(12-10-19)20-13-16(2)22-17(3)23-20/h4-8,13,15,19,21H,9-12,14H2,1-3H3/t15-/m0/s1. The smallest absolute Gasteiger partial charge is 0.132 e. The molecule has 1 aromatic carbocycles. The van der Waals surface area contributed by atoms with Crippen molar-refractivity contribution in [2.24, 2.45) is 0 Å². The summed E-state index contributed by atoms with van der Waals surface area (Å²) in [5.41, 5.74) is 2.46. The highest BCUT2D eigenvalue weighted by Gasteiger charge is 2.20. The SMILES string of the molecule is Cc1cc(N2CCC(NC[C@H](C)c3ccccc3)CC2)nc(C)n1. The first kappa shape index (κ1) is 16.9. The van der Waals surface area contributed by atoms with E-state index in [9.17, 15) is 0 Å². The van der Waals surface area contributed by atoms with Crippen molar-refractivity contribution in [2.75, 3.05) is 24.5 Å². The first-order chi connectivity index (χ1) is 11.6. The molecule has 1 aliphatic heterocycles. The number of aryl methyl sites for hydroxylation is 2. The third-order valence-electron chi connectivity index (χ3n) is 4.85. The molecule has 1 aliphatic rings. The number of benzene rings is 1. The van der Waals surface area contributed by atoms with E-state index in [0.717, 1.165) is 37.0 Å². The Kier molecular flexibility index (Phi) is 5.46. The number of anilines is 1. The van der Waals surface area contributed by atoms with Crippen LogP contribution in [-0.4, -0.2) is 35.6 Å². The van der Waals surface area contributed by atoms with Crippen molar-refractivity contribution in [3.63, 3.8) is 0 Å². The molecule has 128 valence electrons. The molecule has 24 heavy (non-hydrogen) atoms. The maximum Gasteiger partial charge on any atom is 0.132 e. The summed E-state index contributed by atoms with van der Waals surface area (Å²) in [5, 5.41) is 3.76. The molecule has 0 saturated carbocycles. The van der Waals surface area contributed by atoms with Gasteiger partial charge in [-0.25, -0.2) is 9.97 Å². The summed E-state index contributed by atoms with van der Waals surface area (Å²) >= 11 is 0. The lowest BCUT2D eigenvalue weighted by atomic mass is 9.99. The van der Waals surface area contributed by atoms with E-state index >= 15 is 0 Å². The molecule has 1 N–H and O–H groups in total. The van der Waals surface area contributed by atoms with Crippen LogP contribution in [0.3, 0.4) is 0 Å². The van der Waals surface area contributed by atoms with Crippen molar-refractivity contribution in [1.82, 2.24) is 15.3 Å². The fourth-order valence-corrected chi connectivity index (χ4v) is 3.41. The highest BCUT2D eigenvalue weighted by molar-refractivity contribution is 5.40. The van der Waals surface area contributed by atoms with Crippen LogP contribution in [0.15, 0.2) is 36.4 Å². The van der Waals surface area contributed by atoms with E-state index in [-0.39, 0.29) is 0 Å². The van der Waals surface area contributed by atoms with E-state index < -0.39 is 0 Å². The molecule has 1 saturated heterocycles. The maximum absolute atomic E-state index is 4.59. The molecule has 1 atom stereocenters. The van der Waals surface area contributed by atoms with Gasteiger partial charge in [0.15, 0.2) is 0 Å². The Labute approximate surface area is 145 Å². The van der Waals surface area contributed by atoms with Gasteiger partial charge in [-0.1, -0.05) is 37.3 Å². The first-order valence-corrected chi connectivity index (χ1v) is 8.97. The summed E-state index contributed by atoms with van der Waals surface area (Å²) in [7, 11) is 0. The van der Waals surface area contributed by atoms with Gasteiger partial charge in [-0.2, -0.15) is 0 Å². The van der Waals surface area contributed by atoms with Crippen LogP contribution in [0.1, 0.15) is 42.8 Å². The molecule has 0 bridgehead atoms. The zero-order chi connectivity index (χ0) is 16.9. The van der Waals surface area contributed by atoms with Gasteiger partial charge in [0.2, 0.25) is 0 Å². The van der Waals surface area contributed by atoms with Crippen molar-refractivity contribution in [2.45, 2.75) is 45.6 Å². The number of hydrogen-bond donors (Lipinski definition) is 1. The van der Waals surface area contributed by atoms with Gasteiger partial charge in [-0.3, -0.25) is 0 Å². The lowest BCUT2D eigenvalue weighted by molar-refractivity contribution is 0.405. The highest BCUT2D eigenvalue weighted by Crippen LogP contribution is 2.20. The van der Waals surface area contributed by atoms with Gasteiger partial charge in [0, 0.05) is 37.4 Å². The van der Waals surface area contributed by atoms with Crippen molar-refractivity contribution in [1.29, 1.82) is 0 Å². The minimum Gasteiger partial charge on any atom is -0.356 e. The summed E-state index contributed by atoms with van der Waals surface area (Å²) in [4.78, 5) is 11.4. The van der Waals surface area contributed by atoms with Gasteiger partial charge in [0.05, 0.1) is 0 Å². The molecular formula is C20H28N4. The predicted octanol–water partition coefficient (Wildman–Crippen LogP) is 3.46. The van der Waals surface area contributed by atoms with Crippen molar-refractivity contribution < 1.29 is 0 Å². The van der Waals surface area contributed by atoms with E-state index in [2.05, 4.69) is 63.5 Å². The summed E-state index contributed by atoms with van der Waals surface area (Å²) in [6.45, 7) is 9.47. The van der Waals surface area contributed by atoms with Crippen LogP contribution in [0.5, 0.6) is 0 Å². The summed E-state index contributed by atoms with van der Waals surface area (Å²) in [6.07, 6.45) is 2.34. The van der Waals surface area contributed by atoms with Crippen molar-refractivity contribution in [3.8, 4) is 0 Å². The van der Waals surface area contributed by atoms with Crippen LogP contribution < -0.4 is 10.2 Å². The molecule has 0 unspecified atom stereocenters. The Bertz CT molecular complexity index is 628. The molecule has 0 amide bonds. The fourth-order valence-electron chi connectivity index (χ4n) is 3.41. The number of hydrogen-bond acceptors (Lipinski definition) is 4. The Hall–Kier alpha value is -1.94. The average molecular weight is 324 g/mol.